The summed E-state index contributed by atoms with van der Waals surface area (Å²) in [5, 5.41) is 24.7. The second-order valence-electron chi connectivity index (χ2n) is 22.8. The Bertz CT molecular complexity index is 6130. The molecule has 0 fully saturated rings. The Morgan fingerprint density at radius 3 is 1.11 bits per heavy atom. The van der Waals surface area contributed by atoms with Gasteiger partial charge in [-0.15, -0.1) is 0 Å². The van der Waals surface area contributed by atoms with Gasteiger partial charge in [-0.25, -0.2) is 4.85 Å². The van der Waals surface area contributed by atoms with Crippen LogP contribution in [0.5, 0.6) is 0 Å². The van der Waals surface area contributed by atoms with E-state index in [2.05, 4.69) is 243 Å². The number of benzene rings is 13. The first-order valence-electron chi connectivity index (χ1n) is 29.5. The number of furan rings is 2. The van der Waals surface area contributed by atoms with Crippen LogP contribution in [0.15, 0.2) is 276 Å². The molecule has 19 rings (SSSR count). The SMILES string of the molecule is [C-]#[N+]c1c(-n2c3ccccc3c3cc(-c4ccccc4)ccc32)c(-n2c3ccccc3c3ccc4c5ccccc5oc4c32)c(-n2c3ccccc3c3cc(-c4ccccc4)ccc32)c(C#N)c1-n1c2ccccc2c2ccc3c4ccccc4oc3c21. The van der Waals surface area contributed by atoms with Crippen molar-refractivity contribution < 1.29 is 8.83 Å². The van der Waals surface area contributed by atoms with Crippen LogP contribution >= 0.6 is 0 Å². The minimum Gasteiger partial charge on any atom is -0.454 e. The predicted molar refractivity (Wildman–Crippen MR) is 360 cm³/mol. The van der Waals surface area contributed by atoms with Crippen LogP contribution in [-0.4, -0.2) is 18.3 Å². The van der Waals surface area contributed by atoms with Crippen molar-refractivity contribution >= 4 is 137 Å². The van der Waals surface area contributed by atoms with Gasteiger partial charge in [-0.1, -0.05) is 194 Å². The number of rotatable bonds is 6. The minimum atomic E-state index is 0.274. The molecular formula is C80H44N6O2. The third kappa shape index (κ3) is 6.44. The lowest BCUT2D eigenvalue weighted by molar-refractivity contribution is 0.670. The lowest BCUT2D eigenvalue weighted by atomic mass is 10.0. The van der Waals surface area contributed by atoms with Crippen molar-refractivity contribution in [3.63, 3.8) is 0 Å². The van der Waals surface area contributed by atoms with E-state index >= 15 is 0 Å². The van der Waals surface area contributed by atoms with E-state index in [4.69, 9.17) is 13.7 Å². The van der Waals surface area contributed by atoms with Gasteiger partial charge in [-0.3, -0.25) is 0 Å². The summed E-state index contributed by atoms with van der Waals surface area (Å²) in [5.41, 5.74) is 16.8. The average molecular weight is 1120 g/mol. The first-order valence-corrected chi connectivity index (χ1v) is 29.5. The first kappa shape index (κ1) is 48.1. The zero-order valence-corrected chi connectivity index (χ0v) is 46.9. The topological polar surface area (TPSA) is 74.2 Å². The van der Waals surface area contributed by atoms with Gasteiger partial charge in [-0.05, 0) is 95.1 Å². The molecule has 0 unspecified atom stereocenters. The zero-order chi connectivity index (χ0) is 57.9. The number of nitriles is 1. The Labute approximate surface area is 501 Å². The Kier molecular flexibility index (Phi) is 9.87. The van der Waals surface area contributed by atoms with Crippen molar-refractivity contribution in [1.82, 2.24) is 18.3 Å². The van der Waals surface area contributed by atoms with E-state index in [0.29, 0.717) is 39.5 Å². The van der Waals surface area contributed by atoms with Crippen molar-refractivity contribution in [3.05, 3.63) is 284 Å². The molecule has 0 radical (unpaired) electrons. The molecule has 0 bridgehead atoms. The van der Waals surface area contributed by atoms with Gasteiger partial charge >= 0.3 is 0 Å². The van der Waals surface area contributed by atoms with Crippen molar-refractivity contribution in [2.75, 3.05) is 0 Å². The fourth-order valence-electron chi connectivity index (χ4n) is 14.7. The summed E-state index contributed by atoms with van der Waals surface area (Å²) in [7, 11) is 0. The molecule has 6 heterocycles. The van der Waals surface area contributed by atoms with Crippen LogP contribution < -0.4 is 0 Å². The Morgan fingerprint density at radius 2 is 0.659 bits per heavy atom. The molecule has 19 aromatic rings. The quantitative estimate of drug-likeness (QED) is 0.156. The number of hydrogen-bond acceptors (Lipinski definition) is 3. The number of hydrogen-bond donors (Lipinski definition) is 0. The van der Waals surface area contributed by atoms with E-state index in [9.17, 15) is 11.8 Å². The lowest BCUT2D eigenvalue weighted by Gasteiger charge is -2.27. The molecule has 0 amide bonds. The normalized spacial score (nSPS) is 12.1. The van der Waals surface area contributed by atoms with E-state index in [1.54, 1.807) is 0 Å². The highest BCUT2D eigenvalue weighted by Gasteiger charge is 2.36. The largest absolute Gasteiger partial charge is 0.454 e. The zero-order valence-electron chi connectivity index (χ0n) is 46.9. The summed E-state index contributed by atoms with van der Waals surface area (Å²) >= 11 is 0. The van der Waals surface area contributed by atoms with Gasteiger partial charge in [0, 0.05) is 64.6 Å². The summed E-state index contributed by atoms with van der Waals surface area (Å²) in [6.45, 7) is 10.1. The highest BCUT2D eigenvalue weighted by Crippen LogP contribution is 2.54. The smallest absolute Gasteiger partial charge is 0.237 e. The van der Waals surface area contributed by atoms with E-state index in [1.807, 2.05) is 48.5 Å². The third-order valence-corrected chi connectivity index (χ3v) is 18.4. The Balaban J connectivity index is 1.11. The lowest BCUT2D eigenvalue weighted by Crippen LogP contribution is -2.14. The molecule has 13 aromatic carbocycles. The molecule has 0 saturated heterocycles. The summed E-state index contributed by atoms with van der Waals surface area (Å²) in [5.74, 6) is 0. The molecule has 6 aromatic heterocycles. The van der Waals surface area contributed by atoms with Crippen LogP contribution in [0.4, 0.5) is 5.69 Å². The summed E-state index contributed by atoms with van der Waals surface area (Å²) in [4.78, 5) is 4.91. The summed E-state index contributed by atoms with van der Waals surface area (Å²) < 4.78 is 23.4. The predicted octanol–water partition coefficient (Wildman–Crippen LogP) is 21.6. The van der Waals surface area contributed by atoms with Crippen molar-refractivity contribution in [3.8, 4) is 51.1 Å². The second kappa shape index (κ2) is 18.1. The average Bonchev–Trinajstić information content (AvgIpc) is 1.51. The van der Waals surface area contributed by atoms with E-state index < -0.39 is 0 Å². The molecule has 0 N–H and O–H groups in total. The molecule has 0 aliphatic rings. The van der Waals surface area contributed by atoms with Crippen LogP contribution in [0.2, 0.25) is 0 Å². The van der Waals surface area contributed by atoms with Gasteiger partial charge in [0.2, 0.25) is 5.69 Å². The number of aromatic nitrogens is 4. The van der Waals surface area contributed by atoms with Gasteiger partial charge in [0.15, 0.2) is 11.2 Å². The van der Waals surface area contributed by atoms with Gasteiger partial charge < -0.3 is 27.1 Å². The Hall–Kier alpha value is -12.4. The van der Waals surface area contributed by atoms with Crippen LogP contribution in [0.3, 0.4) is 0 Å². The highest BCUT2D eigenvalue weighted by atomic mass is 16.3. The van der Waals surface area contributed by atoms with Crippen LogP contribution in [0, 0.1) is 17.9 Å². The van der Waals surface area contributed by atoms with Crippen molar-refractivity contribution in [1.29, 1.82) is 5.26 Å². The molecule has 0 aliphatic carbocycles. The maximum Gasteiger partial charge on any atom is 0.237 e. The van der Waals surface area contributed by atoms with Crippen LogP contribution in [0.25, 0.3) is 181 Å². The van der Waals surface area contributed by atoms with E-state index in [0.717, 1.165) is 142 Å². The van der Waals surface area contributed by atoms with Gasteiger partial charge in [0.1, 0.15) is 17.2 Å². The highest BCUT2D eigenvalue weighted by molar-refractivity contribution is 6.25. The molecule has 0 atom stereocenters. The molecule has 0 saturated carbocycles. The number of nitrogens with zero attached hydrogens (tertiary/aromatic N) is 6. The molecule has 8 nitrogen and oxygen atoms in total. The maximum absolute atomic E-state index is 13.0. The van der Waals surface area contributed by atoms with E-state index in [-0.39, 0.29) is 5.69 Å². The maximum atomic E-state index is 13.0. The fraction of sp³-hybridized carbons (Fsp3) is 0. The van der Waals surface area contributed by atoms with Gasteiger partial charge in [0.25, 0.3) is 0 Å². The third-order valence-electron chi connectivity index (χ3n) is 18.4. The molecule has 88 heavy (non-hydrogen) atoms. The van der Waals surface area contributed by atoms with Crippen molar-refractivity contribution in [2.45, 2.75) is 0 Å². The van der Waals surface area contributed by atoms with Crippen LogP contribution in [-0.2, 0) is 0 Å². The molecular weight excluding hydrogens is 1080 g/mol. The van der Waals surface area contributed by atoms with E-state index in [1.165, 1.54) is 0 Å². The molecule has 0 spiro atoms. The van der Waals surface area contributed by atoms with Gasteiger partial charge in [-0.2, -0.15) is 5.26 Å². The van der Waals surface area contributed by atoms with Crippen LogP contribution in [0.1, 0.15) is 5.56 Å². The molecule has 0 aliphatic heterocycles. The first-order chi connectivity index (χ1) is 43.6. The molecule has 406 valence electrons. The molecule has 8 heteroatoms. The number of fused-ring (bicyclic) bond motifs is 20. The Morgan fingerprint density at radius 1 is 0.295 bits per heavy atom. The fourth-order valence-corrected chi connectivity index (χ4v) is 14.7. The summed E-state index contributed by atoms with van der Waals surface area (Å²) in [6.07, 6.45) is 0. The standard InChI is InChI=1S/C80H44N6O2/c1-82-72-73(85-66-32-16-8-24-51(66)57-38-40-59-55-28-12-18-34-70(55)87-79(59)75(57)85)63(46-81)74(83-64-30-14-10-26-53(64)61-44-49(36-42-68(61)83)47-20-4-2-5-21-47)78(77(72)84-65-31-15-11-27-54(65)62-45-50(37-43-69(62)84)48-22-6-3-7-23-48)86-67-33-17-9-25-52(67)58-39-41-60-56-29-13-19-35-71(56)88-80(60)76(58)86/h2-45H. The monoisotopic (exact) mass is 1120 g/mol. The van der Waals surface area contributed by atoms with Gasteiger partial charge in [0.05, 0.1) is 79.0 Å². The van der Waals surface area contributed by atoms with Crippen molar-refractivity contribution in [2.24, 2.45) is 0 Å². The minimum absolute atomic E-state index is 0.274. The second-order valence-corrected chi connectivity index (χ2v) is 22.8. The summed E-state index contributed by atoms with van der Waals surface area (Å²) in [6, 6.07) is 96.2. The number of para-hydroxylation sites is 6.